The van der Waals surface area contributed by atoms with E-state index < -0.39 is 11.0 Å². The first-order valence-corrected chi connectivity index (χ1v) is 7.63. The highest BCUT2D eigenvalue weighted by Gasteiger charge is 2.29. The Morgan fingerprint density at radius 3 is 2.74 bits per heavy atom. The van der Waals surface area contributed by atoms with E-state index in [4.69, 9.17) is 21.1 Å². The molecule has 0 aromatic heterocycles. The van der Waals surface area contributed by atoms with Crippen molar-refractivity contribution in [1.29, 1.82) is 0 Å². The van der Waals surface area contributed by atoms with Crippen LogP contribution in [-0.2, 0) is 11.2 Å². The Morgan fingerprint density at radius 2 is 2.04 bits per heavy atom. The van der Waals surface area contributed by atoms with Crippen molar-refractivity contribution in [1.82, 2.24) is 0 Å². The Morgan fingerprint density at radius 1 is 1.26 bits per heavy atom. The number of rotatable bonds is 3. The Labute approximate surface area is 138 Å². The summed E-state index contributed by atoms with van der Waals surface area (Å²) in [5, 5.41) is 11.5. The molecule has 0 saturated heterocycles. The summed E-state index contributed by atoms with van der Waals surface area (Å²) in [6, 6.07) is 10.2. The molecule has 6 heteroatoms. The second-order valence-corrected chi connectivity index (χ2v) is 5.97. The van der Waals surface area contributed by atoms with Crippen LogP contribution in [0.5, 0.6) is 5.75 Å². The molecule has 0 aliphatic carbocycles. The number of fused-ring (bicyclic) bond motifs is 1. The summed E-state index contributed by atoms with van der Waals surface area (Å²) >= 11 is 6.28. The number of halogens is 1. The minimum atomic E-state index is -0.430. The number of benzene rings is 2. The van der Waals surface area contributed by atoms with Crippen molar-refractivity contribution >= 4 is 17.3 Å². The number of nitro benzene ring substituents is 1. The summed E-state index contributed by atoms with van der Waals surface area (Å²) in [5.74, 6) is 0.779. The van der Waals surface area contributed by atoms with Gasteiger partial charge in [0, 0.05) is 22.7 Å². The molecule has 0 unspecified atom stereocenters. The molecule has 0 bridgehead atoms. The van der Waals surface area contributed by atoms with E-state index in [0.717, 1.165) is 23.3 Å². The van der Waals surface area contributed by atoms with Gasteiger partial charge in [-0.1, -0.05) is 17.7 Å². The van der Waals surface area contributed by atoms with Gasteiger partial charge in [0.1, 0.15) is 11.9 Å². The van der Waals surface area contributed by atoms with E-state index in [9.17, 15) is 10.1 Å². The molecule has 2 atom stereocenters. The van der Waals surface area contributed by atoms with Crippen molar-refractivity contribution < 1.29 is 14.4 Å². The third kappa shape index (κ3) is 3.02. The van der Waals surface area contributed by atoms with Crippen molar-refractivity contribution in [3.8, 4) is 5.75 Å². The van der Waals surface area contributed by atoms with E-state index in [1.807, 2.05) is 25.1 Å². The molecule has 0 amide bonds. The first-order valence-electron chi connectivity index (χ1n) is 7.25. The Balaban J connectivity index is 2.11. The standard InChI is InChI=1S/C17H16ClNO4/c1-10-7-11-8-13(22-2)4-5-14(11)17(23-10)15-9-12(19(20)21)3-6-16(15)18/h3-6,8-10,17H,7H2,1-2H3/t10-,17-/m0/s1. The average molecular weight is 334 g/mol. The molecule has 23 heavy (non-hydrogen) atoms. The van der Waals surface area contributed by atoms with Gasteiger partial charge in [-0.3, -0.25) is 10.1 Å². The van der Waals surface area contributed by atoms with Crippen LogP contribution >= 0.6 is 11.6 Å². The van der Waals surface area contributed by atoms with E-state index in [1.165, 1.54) is 12.1 Å². The maximum Gasteiger partial charge on any atom is 0.269 e. The highest BCUT2D eigenvalue weighted by atomic mass is 35.5. The first kappa shape index (κ1) is 15.8. The Hall–Kier alpha value is -2.11. The van der Waals surface area contributed by atoms with Gasteiger partial charge in [-0.05, 0) is 42.7 Å². The predicted molar refractivity (Wildman–Crippen MR) is 87.2 cm³/mol. The van der Waals surface area contributed by atoms with Crippen LogP contribution < -0.4 is 4.74 Å². The molecule has 0 fully saturated rings. The van der Waals surface area contributed by atoms with Gasteiger partial charge >= 0.3 is 0 Å². The Kier molecular flexibility index (Phi) is 4.24. The minimum Gasteiger partial charge on any atom is -0.497 e. The molecule has 5 nitrogen and oxygen atoms in total. The monoisotopic (exact) mass is 333 g/mol. The number of ether oxygens (including phenoxy) is 2. The maximum atomic E-state index is 11.0. The number of nitrogens with zero attached hydrogens (tertiary/aromatic N) is 1. The molecule has 0 saturated carbocycles. The van der Waals surface area contributed by atoms with Crippen LogP contribution in [0.3, 0.4) is 0 Å². The first-order chi connectivity index (χ1) is 11.0. The van der Waals surface area contributed by atoms with Crippen LogP contribution in [0.1, 0.15) is 29.7 Å². The fourth-order valence-electron chi connectivity index (χ4n) is 2.89. The molecule has 0 N–H and O–H groups in total. The fraction of sp³-hybridized carbons (Fsp3) is 0.294. The summed E-state index contributed by atoms with van der Waals surface area (Å²) in [4.78, 5) is 10.6. The van der Waals surface area contributed by atoms with Crippen LogP contribution in [0.4, 0.5) is 5.69 Å². The second kappa shape index (κ2) is 6.18. The van der Waals surface area contributed by atoms with Gasteiger partial charge in [-0.15, -0.1) is 0 Å². The highest BCUT2D eigenvalue weighted by Crippen LogP contribution is 2.40. The summed E-state index contributed by atoms with van der Waals surface area (Å²) in [6.07, 6.45) is 0.317. The summed E-state index contributed by atoms with van der Waals surface area (Å²) in [5.41, 5.74) is 2.68. The van der Waals surface area contributed by atoms with Crippen molar-refractivity contribution in [2.45, 2.75) is 25.6 Å². The van der Waals surface area contributed by atoms with Crippen LogP contribution in [0, 0.1) is 10.1 Å². The lowest BCUT2D eigenvalue weighted by Gasteiger charge is -2.31. The Bertz CT molecular complexity index is 762. The van der Waals surface area contributed by atoms with E-state index in [1.54, 1.807) is 13.2 Å². The lowest BCUT2D eigenvalue weighted by molar-refractivity contribution is -0.385. The molecular weight excluding hydrogens is 318 g/mol. The van der Waals surface area contributed by atoms with Crippen molar-refractivity contribution in [3.63, 3.8) is 0 Å². The van der Waals surface area contributed by atoms with Gasteiger partial charge in [0.15, 0.2) is 0 Å². The van der Waals surface area contributed by atoms with Gasteiger partial charge < -0.3 is 9.47 Å². The molecule has 0 radical (unpaired) electrons. The van der Waals surface area contributed by atoms with E-state index in [0.29, 0.717) is 10.6 Å². The van der Waals surface area contributed by atoms with Gasteiger partial charge in [0.25, 0.3) is 5.69 Å². The molecule has 1 heterocycles. The molecule has 1 aliphatic heterocycles. The summed E-state index contributed by atoms with van der Waals surface area (Å²) < 4.78 is 11.3. The number of nitro groups is 1. The molecule has 0 spiro atoms. The minimum absolute atomic E-state index is 0.00119. The van der Waals surface area contributed by atoms with E-state index in [2.05, 4.69) is 0 Å². The van der Waals surface area contributed by atoms with Gasteiger partial charge in [-0.25, -0.2) is 0 Å². The van der Waals surface area contributed by atoms with Crippen molar-refractivity contribution in [3.05, 3.63) is 68.2 Å². The highest BCUT2D eigenvalue weighted by molar-refractivity contribution is 6.31. The SMILES string of the molecule is COc1ccc2c(c1)C[C@H](C)O[C@@H]2c1cc([N+](=O)[O-])ccc1Cl. The maximum absolute atomic E-state index is 11.0. The molecule has 3 rings (SSSR count). The average Bonchev–Trinajstić information content (AvgIpc) is 2.53. The predicted octanol–water partition coefficient (Wildman–Crippen LogP) is 4.31. The van der Waals surface area contributed by atoms with E-state index in [-0.39, 0.29) is 11.8 Å². The third-order valence-electron chi connectivity index (χ3n) is 3.98. The fourth-order valence-corrected chi connectivity index (χ4v) is 3.11. The van der Waals surface area contributed by atoms with Crippen molar-refractivity contribution in [2.75, 3.05) is 7.11 Å². The van der Waals surface area contributed by atoms with Crippen molar-refractivity contribution in [2.24, 2.45) is 0 Å². The third-order valence-corrected chi connectivity index (χ3v) is 4.33. The molecular formula is C17H16ClNO4. The quantitative estimate of drug-likeness (QED) is 0.620. The number of hydrogen-bond donors (Lipinski definition) is 0. The normalized spacial score (nSPS) is 20.0. The zero-order valence-electron chi connectivity index (χ0n) is 12.8. The van der Waals surface area contributed by atoms with Crippen LogP contribution in [0.25, 0.3) is 0 Å². The van der Waals surface area contributed by atoms with Crippen LogP contribution in [0.15, 0.2) is 36.4 Å². The zero-order chi connectivity index (χ0) is 16.6. The van der Waals surface area contributed by atoms with Gasteiger partial charge in [0.05, 0.1) is 18.1 Å². The molecule has 1 aliphatic rings. The number of non-ortho nitro benzene ring substituents is 1. The van der Waals surface area contributed by atoms with Gasteiger partial charge in [0.2, 0.25) is 0 Å². The number of hydrogen-bond acceptors (Lipinski definition) is 4. The second-order valence-electron chi connectivity index (χ2n) is 5.56. The van der Waals surface area contributed by atoms with E-state index >= 15 is 0 Å². The largest absolute Gasteiger partial charge is 0.497 e. The topological polar surface area (TPSA) is 61.6 Å². The van der Waals surface area contributed by atoms with Crippen LogP contribution in [0.2, 0.25) is 5.02 Å². The molecule has 120 valence electrons. The summed E-state index contributed by atoms with van der Waals surface area (Å²) in [7, 11) is 1.62. The number of methoxy groups -OCH3 is 1. The lowest BCUT2D eigenvalue weighted by atomic mass is 9.90. The lowest BCUT2D eigenvalue weighted by Crippen LogP contribution is -2.24. The summed E-state index contributed by atoms with van der Waals surface area (Å²) in [6.45, 7) is 1.97. The molecule has 2 aromatic carbocycles. The zero-order valence-corrected chi connectivity index (χ0v) is 13.5. The van der Waals surface area contributed by atoms with Crippen LogP contribution in [-0.4, -0.2) is 18.1 Å². The van der Waals surface area contributed by atoms with Gasteiger partial charge in [-0.2, -0.15) is 0 Å². The smallest absolute Gasteiger partial charge is 0.269 e. The molecule has 2 aromatic rings.